The van der Waals surface area contributed by atoms with Crippen LogP contribution < -0.4 is 4.74 Å². The van der Waals surface area contributed by atoms with Gasteiger partial charge in [-0.05, 0) is 18.6 Å². The van der Waals surface area contributed by atoms with E-state index in [9.17, 15) is 4.79 Å². The molecule has 1 aromatic heterocycles. The SMILES string of the molecule is COc1cnn(C2CCCSC2)c1C(=O)O. The first kappa shape index (κ1) is 11.3. The van der Waals surface area contributed by atoms with Crippen LogP contribution >= 0.6 is 11.8 Å². The number of methoxy groups -OCH3 is 1. The Bertz CT molecular complexity index is 385. The normalized spacial score (nSPS) is 20.7. The molecule has 0 aliphatic carbocycles. The fourth-order valence-electron chi connectivity index (χ4n) is 1.89. The van der Waals surface area contributed by atoms with Gasteiger partial charge in [0.1, 0.15) is 0 Å². The van der Waals surface area contributed by atoms with Gasteiger partial charge in [0.05, 0.1) is 19.3 Å². The first-order chi connectivity index (χ1) is 7.74. The largest absolute Gasteiger partial charge is 0.493 e. The topological polar surface area (TPSA) is 64.4 Å². The predicted octanol–water partition coefficient (Wildman–Crippen LogP) is 1.66. The maximum atomic E-state index is 11.2. The van der Waals surface area contributed by atoms with E-state index in [4.69, 9.17) is 9.84 Å². The fourth-order valence-corrected chi connectivity index (χ4v) is 3.01. The molecule has 1 fully saturated rings. The van der Waals surface area contributed by atoms with Crippen LogP contribution in [0.4, 0.5) is 0 Å². The summed E-state index contributed by atoms with van der Waals surface area (Å²) in [5.41, 5.74) is 0.162. The molecule has 1 unspecified atom stereocenters. The Hall–Kier alpha value is -1.17. The van der Waals surface area contributed by atoms with Crippen molar-refractivity contribution in [1.29, 1.82) is 0 Å². The zero-order valence-electron chi connectivity index (χ0n) is 9.05. The standard InChI is InChI=1S/C10H14N2O3S/c1-15-8-5-11-12(9(8)10(13)14)7-3-2-4-16-6-7/h5,7H,2-4,6H2,1H3,(H,13,14). The van der Waals surface area contributed by atoms with Crippen molar-refractivity contribution in [2.24, 2.45) is 0 Å². The number of hydrogen-bond acceptors (Lipinski definition) is 4. The molecule has 0 radical (unpaired) electrons. The van der Waals surface area contributed by atoms with Gasteiger partial charge in [0, 0.05) is 5.75 Å². The molecule has 0 aromatic carbocycles. The summed E-state index contributed by atoms with van der Waals surface area (Å²) in [5, 5.41) is 13.3. The van der Waals surface area contributed by atoms with E-state index < -0.39 is 5.97 Å². The second-order valence-corrected chi connectivity index (χ2v) is 4.83. The average Bonchev–Trinajstić information content (AvgIpc) is 2.73. The van der Waals surface area contributed by atoms with Crippen molar-refractivity contribution in [2.45, 2.75) is 18.9 Å². The zero-order chi connectivity index (χ0) is 11.5. The summed E-state index contributed by atoms with van der Waals surface area (Å²) in [4.78, 5) is 11.2. The lowest BCUT2D eigenvalue weighted by molar-refractivity contribution is 0.0676. The molecule has 1 aromatic rings. The molecule has 1 aliphatic heterocycles. The van der Waals surface area contributed by atoms with E-state index in [1.807, 2.05) is 11.8 Å². The molecule has 1 N–H and O–H groups in total. The van der Waals surface area contributed by atoms with E-state index in [0.717, 1.165) is 24.3 Å². The number of carbonyl (C=O) groups is 1. The minimum atomic E-state index is -0.982. The van der Waals surface area contributed by atoms with Crippen molar-refractivity contribution < 1.29 is 14.6 Å². The van der Waals surface area contributed by atoms with Gasteiger partial charge in [-0.3, -0.25) is 4.68 Å². The van der Waals surface area contributed by atoms with E-state index in [1.54, 1.807) is 4.68 Å². The summed E-state index contributed by atoms with van der Waals surface area (Å²) < 4.78 is 6.60. The van der Waals surface area contributed by atoms with E-state index in [1.165, 1.54) is 13.3 Å². The van der Waals surface area contributed by atoms with Crippen LogP contribution in [0.25, 0.3) is 0 Å². The number of carboxylic acids is 1. The summed E-state index contributed by atoms with van der Waals surface area (Å²) in [7, 11) is 1.46. The number of carboxylic acid groups (broad SMARTS) is 1. The third kappa shape index (κ3) is 2.02. The molecule has 0 spiro atoms. The monoisotopic (exact) mass is 242 g/mol. The highest BCUT2D eigenvalue weighted by Gasteiger charge is 2.25. The number of hydrogen-bond donors (Lipinski definition) is 1. The van der Waals surface area contributed by atoms with Crippen LogP contribution in [0.3, 0.4) is 0 Å². The van der Waals surface area contributed by atoms with Crippen molar-refractivity contribution in [1.82, 2.24) is 9.78 Å². The third-order valence-corrected chi connectivity index (χ3v) is 3.86. The first-order valence-electron chi connectivity index (χ1n) is 5.16. The van der Waals surface area contributed by atoms with Crippen molar-refractivity contribution in [2.75, 3.05) is 18.6 Å². The Morgan fingerprint density at radius 1 is 1.75 bits per heavy atom. The molecular formula is C10H14N2O3S. The molecule has 1 saturated heterocycles. The fraction of sp³-hybridized carbons (Fsp3) is 0.600. The van der Waals surface area contributed by atoms with Crippen molar-refractivity contribution in [3.63, 3.8) is 0 Å². The van der Waals surface area contributed by atoms with Gasteiger partial charge >= 0.3 is 5.97 Å². The van der Waals surface area contributed by atoms with E-state index in [2.05, 4.69) is 5.10 Å². The second kappa shape index (κ2) is 4.78. The number of thioether (sulfide) groups is 1. The van der Waals surface area contributed by atoms with Gasteiger partial charge in [0.2, 0.25) is 0 Å². The predicted molar refractivity (Wildman–Crippen MR) is 61.3 cm³/mol. The van der Waals surface area contributed by atoms with Crippen LogP contribution in [-0.2, 0) is 0 Å². The van der Waals surface area contributed by atoms with Gasteiger partial charge < -0.3 is 9.84 Å². The quantitative estimate of drug-likeness (QED) is 0.873. The lowest BCUT2D eigenvalue weighted by Gasteiger charge is -2.22. The molecule has 2 heterocycles. The summed E-state index contributed by atoms with van der Waals surface area (Å²) in [5.74, 6) is 1.43. The van der Waals surface area contributed by atoms with Gasteiger partial charge in [0.15, 0.2) is 11.4 Å². The van der Waals surface area contributed by atoms with Gasteiger partial charge in [-0.1, -0.05) is 0 Å². The summed E-state index contributed by atoms with van der Waals surface area (Å²) in [6, 6.07) is 0.175. The molecule has 1 atom stereocenters. The van der Waals surface area contributed by atoms with Crippen LogP contribution in [0.5, 0.6) is 5.75 Å². The lowest BCUT2D eigenvalue weighted by Crippen LogP contribution is -2.21. The number of aromatic carboxylic acids is 1. The highest BCUT2D eigenvalue weighted by Crippen LogP contribution is 2.30. The Balaban J connectivity index is 2.32. The average molecular weight is 242 g/mol. The smallest absolute Gasteiger partial charge is 0.358 e. The number of aromatic nitrogens is 2. The molecule has 5 nitrogen and oxygen atoms in total. The Kier molecular flexibility index (Phi) is 3.38. The molecule has 1 aliphatic rings. The first-order valence-corrected chi connectivity index (χ1v) is 6.32. The van der Waals surface area contributed by atoms with Crippen LogP contribution in [0.2, 0.25) is 0 Å². The van der Waals surface area contributed by atoms with Crippen molar-refractivity contribution >= 4 is 17.7 Å². The van der Waals surface area contributed by atoms with Gasteiger partial charge in [-0.15, -0.1) is 0 Å². The van der Waals surface area contributed by atoms with Gasteiger partial charge in [0.25, 0.3) is 0 Å². The summed E-state index contributed by atoms with van der Waals surface area (Å²) in [6.45, 7) is 0. The van der Waals surface area contributed by atoms with Crippen LogP contribution in [-0.4, -0.2) is 39.5 Å². The van der Waals surface area contributed by atoms with Crippen LogP contribution in [0, 0.1) is 0 Å². The molecule has 0 bridgehead atoms. The van der Waals surface area contributed by atoms with Crippen LogP contribution in [0.15, 0.2) is 6.20 Å². The Labute approximate surface area is 97.8 Å². The minimum Gasteiger partial charge on any atom is -0.493 e. The molecule has 16 heavy (non-hydrogen) atoms. The second-order valence-electron chi connectivity index (χ2n) is 3.68. The number of rotatable bonds is 3. The van der Waals surface area contributed by atoms with Crippen molar-refractivity contribution in [3.05, 3.63) is 11.9 Å². The van der Waals surface area contributed by atoms with Gasteiger partial charge in [-0.25, -0.2) is 4.79 Å². The molecule has 0 amide bonds. The zero-order valence-corrected chi connectivity index (χ0v) is 9.87. The summed E-state index contributed by atoms with van der Waals surface area (Å²) >= 11 is 1.84. The van der Waals surface area contributed by atoms with E-state index >= 15 is 0 Å². The molecule has 6 heteroatoms. The molecule has 2 rings (SSSR count). The third-order valence-electron chi connectivity index (χ3n) is 2.67. The summed E-state index contributed by atoms with van der Waals surface area (Å²) in [6.07, 6.45) is 3.57. The van der Waals surface area contributed by atoms with E-state index in [0.29, 0.717) is 5.75 Å². The highest BCUT2D eigenvalue weighted by molar-refractivity contribution is 7.99. The molecular weight excluding hydrogens is 228 g/mol. The highest BCUT2D eigenvalue weighted by atomic mass is 32.2. The Morgan fingerprint density at radius 2 is 2.56 bits per heavy atom. The van der Waals surface area contributed by atoms with Gasteiger partial charge in [-0.2, -0.15) is 16.9 Å². The van der Waals surface area contributed by atoms with Crippen molar-refractivity contribution in [3.8, 4) is 5.75 Å². The molecule has 0 saturated carbocycles. The maximum absolute atomic E-state index is 11.2. The maximum Gasteiger partial charge on any atom is 0.358 e. The lowest BCUT2D eigenvalue weighted by atomic mass is 10.2. The van der Waals surface area contributed by atoms with Crippen LogP contribution in [0.1, 0.15) is 29.4 Å². The molecule has 88 valence electrons. The number of ether oxygens (including phenoxy) is 1. The minimum absolute atomic E-state index is 0.162. The Morgan fingerprint density at radius 3 is 3.12 bits per heavy atom. The van der Waals surface area contributed by atoms with E-state index in [-0.39, 0.29) is 11.7 Å². The number of nitrogens with zero attached hydrogens (tertiary/aromatic N) is 2.